The first kappa shape index (κ1) is 27.6. The van der Waals surface area contributed by atoms with Gasteiger partial charge >= 0.3 is 0 Å². The highest BCUT2D eigenvalue weighted by atomic mass is 16.6. The highest BCUT2D eigenvalue weighted by Crippen LogP contribution is 2.20. The number of hydrogen-bond acceptors (Lipinski definition) is 5. The van der Waals surface area contributed by atoms with Crippen molar-refractivity contribution in [3.05, 3.63) is 12.2 Å². The molecule has 5 nitrogen and oxygen atoms in total. The van der Waals surface area contributed by atoms with Crippen LogP contribution in [0, 0.1) is 0 Å². The average molecular weight is 429 g/mol. The Morgan fingerprint density at radius 3 is 1.93 bits per heavy atom. The van der Waals surface area contributed by atoms with Crippen molar-refractivity contribution in [3.63, 3.8) is 0 Å². The van der Waals surface area contributed by atoms with Gasteiger partial charge in [-0.1, -0.05) is 89.7 Å². The molecule has 178 valence electrons. The van der Waals surface area contributed by atoms with Crippen molar-refractivity contribution < 1.29 is 24.8 Å². The highest BCUT2D eigenvalue weighted by Gasteiger charge is 2.40. The number of allylic oxidation sites excluding steroid dienone is 2. The van der Waals surface area contributed by atoms with Gasteiger partial charge in [0.25, 0.3) is 0 Å². The van der Waals surface area contributed by atoms with E-state index in [1.54, 1.807) is 0 Å². The molecule has 0 aromatic heterocycles. The summed E-state index contributed by atoms with van der Waals surface area (Å²) >= 11 is 0. The molecule has 0 amide bonds. The molecule has 1 heterocycles. The van der Waals surface area contributed by atoms with Gasteiger partial charge in [0.05, 0.1) is 13.2 Å². The summed E-state index contributed by atoms with van der Waals surface area (Å²) in [6.07, 6.45) is 21.0. The van der Waals surface area contributed by atoms with Crippen LogP contribution < -0.4 is 0 Å². The molecule has 0 bridgehead atoms. The Kier molecular flexibility index (Phi) is 17.7. The number of rotatable bonds is 20. The quantitative estimate of drug-likeness (QED) is 0.190. The fraction of sp³-hybridized carbons (Fsp3) is 0.920. The van der Waals surface area contributed by atoms with Crippen molar-refractivity contribution in [3.8, 4) is 0 Å². The second kappa shape index (κ2) is 19.2. The maximum atomic E-state index is 10.1. The summed E-state index contributed by atoms with van der Waals surface area (Å²) in [5.74, 6) is 0. The fourth-order valence-corrected chi connectivity index (χ4v) is 4.03. The summed E-state index contributed by atoms with van der Waals surface area (Å²) < 4.78 is 11.0. The van der Waals surface area contributed by atoms with Crippen molar-refractivity contribution in [2.24, 2.45) is 0 Å². The number of aliphatic hydroxyl groups is 3. The Morgan fingerprint density at radius 2 is 1.40 bits per heavy atom. The molecule has 5 heteroatoms. The first-order chi connectivity index (χ1) is 14.7. The van der Waals surface area contributed by atoms with Gasteiger partial charge in [-0.2, -0.15) is 0 Å². The van der Waals surface area contributed by atoms with Crippen LogP contribution in [0.5, 0.6) is 0 Å². The van der Waals surface area contributed by atoms with Crippen molar-refractivity contribution in [2.75, 3.05) is 19.8 Å². The Morgan fingerprint density at radius 1 is 0.867 bits per heavy atom. The molecule has 0 radical (unpaired) electrons. The lowest BCUT2D eigenvalue weighted by Gasteiger charge is -2.20. The summed E-state index contributed by atoms with van der Waals surface area (Å²) in [6, 6.07) is 0. The summed E-state index contributed by atoms with van der Waals surface area (Å²) in [4.78, 5) is 0. The molecule has 4 atom stereocenters. The van der Waals surface area contributed by atoms with Crippen LogP contribution in [0.1, 0.15) is 103 Å². The number of unbranched alkanes of at least 4 members (excludes halogenated alkanes) is 13. The van der Waals surface area contributed by atoms with Gasteiger partial charge in [-0.15, -0.1) is 0 Å². The molecule has 1 aliphatic heterocycles. The molecule has 0 spiro atoms. The van der Waals surface area contributed by atoms with Gasteiger partial charge in [-0.25, -0.2) is 0 Å². The number of hydrogen-bond donors (Lipinski definition) is 3. The van der Waals surface area contributed by atoms with E-state index in [4.69, 9.17) is 14.6 Å². The van der Waals surface area contributed by atoms with Crippen LogP contribution in [0.4, 0.5) is 0 Å². The SMILES string of the molecule is CC/C=C/CCCCCCCCCCCCCCCO[C@@H]1CO[C@H]([C@@H](O)CO)[C@@H]1O. The van der Waals surface area contributed by atoms with Gasteiger partial charge in [0.2, 0.25) is 0 Å². The van der Waals surface area contributed by atoms with Crippen LogP contribution >= 0.6 is 0 Å². The van der Waals surface area contributed by atoms with Gasteiger partial charge in [0.1, 0.15) is 24.4 Å². The lowest BCUT2D eigenvalue weighted by atomic mass is 10.0. The molecule has 0 aromatic rings. The minimum absolute atomic E-state index is 0.277. The Balaban J connectivity index is 1.78. The second-order valence-corrected chi connectivity index (χ2v) is 8.71. The van der Waals surface area contributed by atoms with Crippen molar-refractivity contribution in [1.82, 2.24) is 0 Å². The van der Waals surface area contributed by atoms with E-state index in [0.29, 0.717) is 6.61 Å². The molecule has 0 saturated carbocycles. The Bertz CT molecular complexity index is 401. The maximum absolute atomic E-state index is 10.1. The molecule has 3 N–H and O–H groups in total. The monoisotopic (exact) mass is 428 g/mol. The third kappa shape index (κ3) is 13.1. The summed E-state index contributed by atoms with van der Waals surface area (Å²) in [5, 5.41) is 28.6. The van der Waals surface area contributed by atoms with Crippen LogP contribution in [0.15, 0.2) is 12.2 Å². The largest absolute Gasteiger partial charge is 0.394 e. The normalized spacial score (nSPS) is 22.9. The molecular weight excluding hydrogens is 380 g/mol. The third-order valence-corrected chi connectivity index (χ3v) is 5.99. The van der Waals surface area contributed by atoms with Gasteiger partial charge < -0.3 is 24.8 Å². The van der Waals surface area contributed by atoms with Gasteiger partial charge in [0, 0.05) is 6.61 Å². The standard InChI is InChI=1S/C25H48O5/c1-2-3-4-5-6-7-8-9-10-11-12-13-14-15-16-17-18-19-29-23-21-30-25(24(23)28)22(27)20-26/h3-4,22-28H,2,5-21H2,1H3/b4-3+/t22-,23+,24+,25+/m0/s1. The van der Waals surface area contributed by atoms with Crippen LogP contribution in [0.2, 0.25) is 0 Å². The van der Waals surface area contributed by atoms with Gasteiger partial charge in [-0.3, -0.25) is 0 Å². The first-order valence-corrected chi connectivity index (χ1v) is 12.6. The van der Waals surface area contributed by atoms with E-state index in [0.717, 1.165) is 19.3 Å². The topological polar surface area (TPSA) is 79.2 Å². The van der Waals surface area contributed by atoms with E-state index in [-0.39, 0.29) is 6.61 Å². The smallest absolute Gasteiger partial charge is 0.114 e. The molecule has 0 aliphatic carbocycles. The van der Waals surface area contributed by atoms with Crippen molar-refractivity contribution in [1.29, 1.82) is 0 Å². The molecular formula is C25H48O5. The zero-order chi connectivity index (χ0) is 21.9. The van der Waals surface area contributed by atoms with E-state index in [1.807, 2.05) is 0 Å². The van der Waals surface area contributed by atoms with Crippen molar-refractivity contribution in [2.45, 2.75) is 128 Å². The van der Waals surface area contributed by atoms with Crippen LogP contribution in [-0.4, -0.2) is 59.6 Å². The van der Waals surface area contributed by atoms with Gasteiger partial charge in [0.15, 0.2) is 0 Å². The van der Waals surface area contributed by atoms with E-state index in [2.05, 4.69) is 19.1 Å². The molecule has 1 rings (SSSR count). The zero-order valence-electron chi connectivity index (χ0n) is 19.4. The van der Waals surface area contributed by atoms with Crippen LogP contribution in [0.3, 0.4) is 0 Å². The highest BCUT2D eigenvalue weighted by molar-refractivity contribution is 4.88. The summed E-state index contributed by atoms with van der Waals surface area (Å²) in [5.41, 5.74) is 0. The Hall–Kier alpha value is -0.460. The van der Waals surface area contributed by atoms with E-state index in [9.17, 15) is 10.2 Å². The molecule has 1 fully saturated rings. The van der Waals surface area contributed by atoms with Crippen LogP contribution in [-0.2, 0) is 9.47 Å². The van der Waals surface area contributed by atoms with Gasteiger partial charge in [-0.05, 0) is 25.7 Å². The zero-order valence-corrected chi connectivity index (χ0v) is 19.4. The second-order valence-electron chi connectivity index (χ2n) is 8.71. The first-order valence-electron chi connectivity index (χ1n) is 12.6. The van der Waals surface area contributed by atoms with Crippen molar-refractivity contribution >= 4 is 0 Å². The molecule has 1 aliphatic rings. The number of aliphatic hydroxyl groups excluding tert-OH is 3. The maximum Gasteiger partial charge on any atom is 0.114 e. The van der Waals surface area contributed by atoms with E-state index >= 15 is 0 Å². The predicted molar refractivity (Wildman–Crippen MR) is 123 cm³/mol. The number of ether oxygens (including phenoxy) is 2. The lowest BCUT2D eigenvalue weighted by Crippen LogP contribution is -2.41. The average Bonchev–Trinajstić information content (AvgIpc) is 3.12. The third-order valence-electron chi connectivity index (χ3n) is 5.99. The molecule has 30 heavy (non-hydrogen) atoms. The van der Waals surface area contributed by atoms with E-state index < -0.39 is 31.0 Å². The molecule has 0 unspecified atom stereocenters. The fourth-order valence-electron chi connectivity index (χ4n) is 4.03. The van der Waals surface area contributed by atoms with E-state index in [1.165, 1.54) is 77.0 Å². The minimum atomic E-state index is -1.05. The summed E-state index contributed by atoms with van der Waals surface area (Å²) in [6.45, 7) is 2.67. The minimum Gasteiger partial charge on any atom is -0.394 e. The summed E-state index contributed by atoms with van der Waals surface area (Å²) in [7, 11) is 0. The van der Waals surface area contributed by atoms with Crippen LogP contribution in [0.25, 0.3) is 0 Å². The Labute approximate surface area is 184 Å². The molecule has 1 saturated heterocycles. The predicted octanol–water partition coefficient (Wildman–Crippen LogP) is 4.91. The lowest BCUT2D eigenvalue weighted by molar-refractivity contribution is -0.0730. The molecule has 0 aromatic carbocycles.